The highest BCUT2D eigenvalue weighted by atomic mass is 32.2. The van der Waals surface area contributed by atoms with Crippen LogP contribution in [0.2, 0.25) is 0 Å². The first-order chi connectivity index (χ1) is 9.26. The maximum absolute atomic E-state index is 12.3. The Morgan fingerprint density at radius 2 is 2.42 bits per heavy atom. The van der Waals surface area contributed by atoms with Crippen molar-refractivity contribution < 1.29 is 9.90 Å². The SMILES string of the molecule is CSCC(CCO)NC(=O)c1cccc2cn[nH]c12. The van der Waals surface area contributed by atoms with Crippen LogP contribution in [0.1, 0.15) is 16.8 Å². The molecule has 2 aromatic rings. The van der Waals surface area contributed by atoms with Gasteiger partial charge in [-0.05, 0) is 18.7 Å². The van der Waals surface area contributed by atoms with E-state index in [1.165, 1.54) is 0 Å². The van der Waals surface area contributed by atoms with Crippen molar-refractivity contribution in [2.75, 3.05) is 18.6 Å². The molecule has 0 aliphatic heterocycles. The summed E-state index contributed by atoms with van der Waals surface area (Å²) in [5.41, 5.74) is 1.32. The Kier molecular flexibility index (Phi) is 4.81. The van der Waals surface area contributed by atoms with Gasteiger partial charge in [-0.1, -0.05) is 12.1 Å². The van der Waals surface area contributed by atoms with Gasteiger partial charge in [0, 0.05) is 23.8 Å². The molecule has 0 fully saturated rings. The van der Waals surface area contributed by atoms with Crippen molar-refractivity contribution >= 4 is 28.6 Å². The summed E-state index contributed by atoms with van der Waals surface area (Å²) in [6, 6.07) is 5.49. The van der Waals surface area contributed by atoms with Crippen molar-refractivity contribution in [1.29, 1.82) is 0 Å². The van der Waals surface area contributed by atoms with E-state index in [9.17, 15) is 4.79 Å². The number of aliphatic hydroxyl groups excluding tert-OH is 1. The van der Waals surface area contributed by atoms with Gasteiger partial charge in [-0.3, -0.25) is 9.89 Å². The summed E-state index contributed by atoms with van der Waals surface area (Å²) in [6.07, 6.45) is 4.23. The number of benzene rings is 1. The Balaban J connectivity index is 2.16. The molecular weight excluding hydrogens is 262 g/mol. The molecule has 0 saturated carbocycles. The molecule has 0 spiro atoms. The Morgan fingerprint density at radius 3 is 3.16 bits per heavy atom. The monoisotopic (exact) mass is 279 g/mol. The molecule has 6 heteroatoms. The standard InChI is InChI=1S/C13H17N3O2S/c1-19-8-10(5-6-17)15-13(18)11-4-2-3-9-7-14-16-12(9)11/h2-4,7,10,17H,5-6,8H2,1H3,(H,14,16)(H,15,18). The second kappa shape index (κ2) is 6.58. The Bertz CT molecular complexity index is 550. The minimum absolute atomic E-state index is 0.0225. The summed E-state index contributed by atoms with van der Waals surface area (Å²) >= 11 is 1.65. The number of carbonyl (C=O) groups is 1. The molecule has 5 nitrogen and oxygen atoms in total. The number of thioether (sulfide) groups is 1. The van der Waals surface area contributed by atoms with Crippen LogP contribution in [0.3, 0.4) is 0 Å². The van der Waals surface area contributed by atoms with E-state index in [1.54, 1.807) is 24.0 Å². The molecule has 1 aromatic carbocycles. The third kappa shape index (κ3) is 3.27. The van der Waals surface area contributed by atoms with Gasteiger partial charge in [-0.15, -0.1) is 0 Å². The zero-order valence-electron chi connectivity index (χ0n) is 10.7. The van der Waals surface area contributed by atoms with Gasteiger partial charge >= 0.3 is 0 Å². The lowest BCUT2D eigenvalue weighted by atomic mass is 10.1. The molecule has 1 aromatic heterocycles. The molecule has 1 atom stereocenters. The number of carbonyl (C=O) groups excluding carboxylic acids is 1. The number of rotatable bonds is 6. The molecular formula is C13H17N3O2S. The van der Waals surface area contributed by atoms with E-state index in [2.05, 4.69) is 15.5 Å². The van der Waals surface area contributed by atoms with Crippen molar-refractivity contribution in [1.82, 2.24) is 15.5 Å². The molecule has 0 saturated heterocycles. The molecule has 0 aliphatic carbocycles. The topological polar surface area (TPSA) is 78.0 Å². The number of hydrogen-bond donors (Lipinski definition) is 3. The van der Waals surface area contributed by atoms with Crippen LogP contribution in [0.15, 0.2) is 24.4 Å². The first-order valence-corrected chi connectivity index (χ1v) is 7.48. The lowest BCUT2D eigenvalue weighted by molar-refractivity contribution is 0.0937. The predicted molar refractivity (Wildman–Crippen MR) is 77.4 cm³/mol. The van der Waals surface area contributed by atoms with Crippen LogP contribution in [0, 0.1) is 0 Å². The summed E-state index contributed by atoms with van der Waals surface area (Å²) in [7, 11) is 0. The number of aliphatic hydroxyl groups is 1. The zero-order chi connectivity index (χ0) is 13.7. The van der Waals surface area contributed by atoms with Gasteiger partial charge in [-0.2, -0.15) is 16.9 Å². The zero-order valence-corrected chi connectivity index (χ0v) is 11.5. The number of aromatic nitrogens is 2. The third-order valence-electron chi connectivity index (χ3n) is 2.90. The highest BCUT2D eigenvalue weighted by molar-refractivity contribution is 7.98. The van der Waals surface area contributed by atoms with E-state index in [-0.39, 0.29) is 18.6 Å². The average molecular weight is 279 g/mol. The highest BCUT2D eigenvalue weighted by Crippen LogP contribution is 2.16. The van der Waals surface area contributed by atoms with Gasteiger partial charge in [0.05, 0.1) is 17.3 Å². The predicted octanol–water partition coefficient (Wildman–Crippen LogP) is 1.41. The van der Waals surface area contributed by atoms with Crippen molar-refractivity contribution in [3.8, 4) is 0 Å². The van der Waals surface area contributed by atoms with Crippen molar-refractivity contribution in [2.45, 2.75) is 12.5 Å². The molecule has 2 rings (SSSR count). The van der Waals surface area contributed by atoms with Crippen LogP contribution in [0.4, 0.5) is 0 Å². The van der Waals surface area contributed by atoms with Crippen molar-refractivity contribution in [3.63, 3.8) is 0 Å². The molecule has 102 valence electrons. The van der Waals surface area contributed by atoms with Crippen LogP contribution in [-0.4, -0.2) is 45.9 Å². The second-order valence-electron chi connectivity index (χ2n) is 4.28. The summed E-state index contributed by atoms with van der Waals surface area (Å²) < 4.78 is 0. The fourth-order valence-corrected chi connectivity index (χ4v) is 2.63. The minimum Gasteiger partial charge on any atom is -0.396 e. The van der Waals surface area contributed by atoms with Gasteiger partial charge in [0.25, 0.3) is 5.91 Å². The van der Waals surface area contributed by atoms with Gasteiger partial charge in [0.15, 0.2) is 0 Å². The lowest BCUT2D eigenvalue weighted by Crippen LogP contribution is -2.37. The van der Waals surface area contributed by atoms with Crippen LogP contribution in [-0.2, 0) is 0 Å². The maximum Gasteiger partial charge on any atom is 0.253 e. The van der Waals surface area contributed by atoms with Crippen LogP contribution >= 0.6 is 11.8 Å². The molecule has 0 aliphatic rings. The molecule has 0 bridgehead atoms. The number of amides is 1. The number of nitrogens with zero attached hydrogens (tertiary/aromatic N) is 1. The Hall–Kier alpha value is -1.53. The molecule has 0 radical (unpaired) electrons. The maximum atomic E-state index is 12.3. The normalized spacial score (nSPS) is 12.5. The summed E-state index contributed by atoms with van der Waals surface area (Å²) in [5.74, 6) is 0.646. The highest BCUT2D eigenvalue weighted by Gasteiger charge is 2.15. The lowest BCUT2D eigenvalue weighted by Gasteiger charge is -2.16. The quantitative estimate of drug-likeness (QED) is 0.747. The number of H-pyrrole nitrogens is 1. The van der Waals surface area contributed by atoms with Gasteiger partial charge in [0.2, 0.25) is 0 Å². The molecule has 19 heavy (non-hydrogen) atoms. The van der Waals surface area contributed by atoms with E-state index in [0.717, 1.165) is 16.7 Å². The fraction of sp³-hybridized carbons (Fsp3) is 0.385. The molecule has 3 N–H and O–H groups in total. The molecule has 1 heterocycles. The largest absolute Gasteiger partial charge is 0.396 e. The summed E-state index contributed by atoms with van der Waals surface area (Å²) in [5, 5.41) is 19.7. The Labute approximate surface area is 115 Å². The number of para-hydroxylation sites is 1. The fourth-order valence-electron chi connectivity index (χ4n) is 1.98. The van der Waals surface area contributed by atoms with Crippen LogP contribution in [0.5, 0.6) is 0 Å². The first-order valence-electron chi connectivity index (χ1n) is 6.09. The van der Waals surface area contributed by atoms with E-state index >= 15 is 0 Å². The van der Waals surface area contributed by atoms with E-state index in [0.29, 0.717) is 12.0 Å². The first kappa shape index (κ1) is 13.9. The van der Waals surface area contributed by atoms with Gasteiger partial charge < -0.3 is 10.4 Å². The van der Waals surface area contributed by atoms with E-state index < -0.39 is 0 Å². The summed E-state index contributed by atoms with van der Waals surface area (Å²) in [6.45, 7) is 0.0692. The number of aromatic amines is 1. The minimum atomic E-state index is -0.137. The van der Waals surface area contributed by atoms with Crippen molar-refractivity contribution in [2.24, 2.45) is 0 Å². The molecule has 1 unspecified atom stereocenters. The van der Waals surface area contributed by atoms with E-state index in [4.69, 9.17) is 5.11 Å². The van der Waals surface area contributed by atoms with Crippen LogP contribution < -0.4 is 5.32 Å². The van der Waals surface area contributed by atoms with Crippen LogP contribution in [0.25, 0.3) is 10.9 Å². The number of fused-ring (bicyclic) bond motifs is 1. The van der Waals surface area contributed by atoms with Gasteiger partial charge in [0.1, 0.15) is 0 Å². The Morgan fingerprint density at radius 1 is 1.58 bits per heavy atom. The molecule has 1 amide bonds. The third-order valence-corrected chi connectivity index (χ3v) is 3.64. The van der Waals surface area contributed by atoms with E-state index in [1.807, 2.05) is 18.4 Å². The number of hydrogen-bond acceptors (Lipinski definition) is 4. The smallest absolute Gasteiger partial charge is 0.253 e. The second-order valence-corrected chi connectivity index (χ2v) is 5.19. The average Bonchev–Trinajstić information content (AvgIpc) is 2.87. The van der Waals surface area contributed by atoms with Crippen molar-refractivity contribution in [3.05, 3.63) is 30.0 Å². The summed E-state index contributed by atoms with van der Waals surface area (Å²) in [4.78, 5) is 12.3. The number of nitrogens with one attached hydrogen (secondary N) is 2. The van der Waals surface area contributed by atoms with Gasteiger partial charge in [-0.25, -0.2) is 0 Å².